The van der Waals surface area contributed by atoms with Gasteiger partial charge in [-0.15, -0.1) is 0 Å². The van der Waals surface area contributed by atoms with E-state index in [9.17, 15) is 8.42 Å². The first kappa shape index (κ1) is 13.5. The minimum atomic E-state index is -3.12. The molecule has 0 saturated carbocycles. The average Bonchev–Trinajstić information content (AvgIpc) is 2.73. The highest BCUT2D eigenvalue weighted by Crippen LogP contribution is 2.04. The van der Waals surface area contributed by atoms with Crippen LogP contribution in [0.1, 0.15) is 19.7 Å². The predicted molar refractivity (Wildman–Crippen MR) is 63.7 cm³/mol. The zero-order valence-electron chi connectivity index (χ0n) is 9.74. The van der Waals surface area contributed by atoms with Crippen LogP contribution in [0, 0.1) is 0 Å². The fourth-order valence-electron chi connectivity index (χ4n) is 1.23. The van der Waals surface area contributed by atoms with Crippen molar-refractivity contribution in [2.75, 3.05) is 5.75 Å². The van der Waals surface area contributed by atoms with Gasteiger partial charge in [0.1, 0.15) is 0 Å². The molecule has 0 aromatic carbocycles. The lowest BCUT2D eigenvalue weighted by Gasteiger charge is -2.09. The molecule has 8 heteroatoms. The van der Waals surface area contributed by atoms with Crippen LogP contribution in [0.3, 0.4) is 0 Å². The highest BCUT2D eigenvalue weighted by atomic mass is 32.2. The lowest BCUT2D eigenvalue weighted by molar-refractivity contribution is 0.318. The van der Waals surface area contributed by atoms with Gasteiger partial charge in [-0.25, -0.2) is 13.4 Å². The molecule has 0 aliphatic carbocycles. The normalized spacial score (nSPS) is 13.2. The topological polar surface area (TPSA) is 111 Å². The Bertz CT molecular complexity index is 504. The Balaban J connectivity index is 2.81. The Hall–Kier alpha value is -1.57. The lowest BCUT2D eigenvalue weighted by atomic mass is 10.5. The summed E-state index contributed by atoms with van der Waals surface area (Å²) in [5.74, 6) is 0.107. The van der Waals surface area contributed by atoms with Crippen LogP contribution in [-0.4, -0.2) is 40.0 Å². The third-order valence-corrected chi connectivity index (χ3v) is 4.58. The van der Waals surface area contributed by atoms with Gasteiger partial charge in [-0.05, 0) is 13.8 Å². The van der Waals surface area contributed by atoms with E-state index >= 15 is 0 Å². The Morgan fingerprint density at radius 2 is 2.29 bits per heavy atom. The van der Waals surface area contributed by atoms with E-state index in [1.165, 1.54) is 10.8 Å². The van der Waals surface area contributed by atoms with E-state index in [1.807, 2.05) is 0 Å². The van der Waals surface area contributed by atoms with Crippen molar-refractivity contribution in [1.29, 1.82) is 0 Å². The van der Waals surface area contributed by atoms with E-state index in [1.54, 1.807) is 20.0 Å². The lowest BCUT2D eigenvalue weighted by Crippen LogP contribution is -2.24. The Labute approximate surface area is 99.9 Å². The van der Waals surface area contributed by atoms with Crippen LogP contribution in [0.4, 0.5) is 0 Å². The van der Waals surface area contributed by atoms with Crippen molar-refractivity contribution >= 4 is 15.7 Å². The molecule has 0 unspecified atom stereocenters. The fraction of sp³-hybridized carbons (Fsp3) is 0.556. The van der Waals surface area contributed by atoms with Crippen LogP contribution in [-0.2, 0) is 16.4 Å². The second-order valence-corrected chi connectivity index (χ2v) is 6.52. The summed E-state index contributed by atoms with van der Waals surface area (Å²) in [4.78, 5) is 3.88. The van der Waals surface area contributed by atoms with E-state index < -0.39 is 15.1 Å². The third kappa shape index (κ3) is 3.19. The van der Waals surface area contributed by atoms with E-state index in [-0.39, 0.29) is 24.0 Å². The van der Waals surface area contributed by atoms with Gasteiger partial charge in [0.15, 0.2) is 15.7 Å². The van der Waals surface area contributed by atoms with Crippen molar-refractivity contribution in [3.63, 3.8) is 0 Å². The van der Waals surface area contributed by atoms with Gasteiger partial charge in [0.2, 0.25) is 5.84 Å². The molecule has 7 nitrogen and oxygen atoms in total. The summed E-state index contributed by atoms with van der Waals surface area (Å²) in [7, 11) is -3.12. The van der Waals surface area contributed by atoms with Gasteiger partial charge in [0.25, 0.3) is 0 Å². The number of rotatable bonds is 5. The third-order valence-electron chi connectivity index (χ3n) is 2.39. The molecule has 1 aromatic heterocycles. The largest absolute Gasteiger partial charge is 0.409 e. The second kappa shape index (κ2) is 5.17. The summed E-state index contributed by atoms with van der Waals surface area (Å²) in [5.41, 5.74) is 5.41. The molecule has 0 fully saturated rings. The molecule has 17 heavy (non-hydrogen) atoms. The standard InChI is InChI=1S/C9H16N4O3S/c1-7(2)17(15,16)6-5-13-4-3-11-9(13)8(10)12-14/h3-4,7,14H,5-6H2,1-2H3,(H2,10,12). The fourth-order valence-corrected chi connectivity index (χ4v) is 2.15. The quantitative estimate of drug-likeness (QED) is 0.330. The number of oxime groups is 1. The zero-order chi connectivity index (χ0) is 13.1. The summed E-state index contributed by atoms with van der Waals surface area (Å²) < 4.78 is 24.8. The smallest absolute Gasteiger partial charge is 0.206 e. The van der Waals surface area contributed by atoms with Gasteiger partial charge in [0, 0.05) is 18.9 Å². The number of amidine groups is 1. The summed E-state index contributed by atoms with van der Waals surface area (Å²) in [6.07, 6.45) is 3.05. The molecule has 0 aliphatic rings. The molecule has 0 spiro atoms. The van der Waals surface area contributed by atoms with Crippen molar-refractivity contribution in [1.82, 2.24) is 9.55 Å². The van der Waals surface area contributed by atoms with E-state index in [2.05, 4.69) is 10.1 Å². The first-order valence-corrected chi connectivity index (χ1v) is 6.80. The maximum Gasteiger partial charge on any atom is 0.206 e. The molecule has 0 aliphatic heterocycles. The summed E-state index contributed by atoms with van der Waals surface area (Å²) in [5, 5.41) is 11.0. The minimum Gasteiger partial charge on any atom is -0.409 e. The van der Waals surface area contributed by atoms with Gasteiger partial charge < -0.3 is 15.5 Å². The SMILES string of the molecule is CC(C)S(=O)(=O)CCn1ccnc1/C(N)=N/O. The maximum atomic E-state index is 11.6. The molecule has 0 amide bonds. The molecular weight excluding hydrogens is 244 g/mol. The zero-order valence-corrected chi connectivity index (χ0v) is 10.6. The molecule has 96 valence electrons. The molecule has 1 heterocycles. The second-order valence-electron chi connectivity index (χ2n) is 3.85. The molecule has 0 saturated heterocycles. The number of aryl methyl sites for hydroxylation is 1. The number of sulfone groups is 1. The number of hydrogen-bond donors (Lipinski definition) is 2. The first-order valence-electron chi connectivity index (χ1n) is 5.09. The summed E-state index contributed by atoms with van der Waals surface area (Å²) in [6.45, 7) is 3.49. The van der Waals surface area contributed by atoms with Crippen molar-refractivity contribution in [2.45, 2.75) is 25.6 Å². The molecular formula is C9H16N4O3S. The molecule has 0 radical (unpaired) electrons. The maximum absolute atomic E-state index is 11.6. The highest BCUT2D eigenvalue weighted by Gasteiger charge is 2.17. The number of aromatic nitrogens is 2. The van der Waals surface area contributed by atoms with E-state index in [0.717, 1.165) is 0 Å². The average molecular weight is 260 g/mol. The monoisotopic (exact) mass is 260 g/mol. The van der Waals surface area contributed by atoms with Gasteiger partial charge in [0.05, 0.1) is 11.0 Å². The molecule has 0 atom stereocenters. The molecule has 1 rings (SSSR count). The van der Waals surface area contributed by atoms with Gasteiger partial charge in [-0.1, -0.05) is 5.16 Å². The molecule has 1 aromatic rings. The molecule has 3 N–H and O–H groups in total. The van der Waals surface area contributed by atoms with Gasteiger partial charge >= 0.3 is 0 Å². The van der Waals surface area contributed by atoms with Crippen LogP contribution < -0.4 is 5.73 Å². The van der Waals surface area contributed by atoms with Crippen LogP contribution in [0.5, 0.6) is 0 Å². The number of imidazole rings is 1. The summed E-state index contributed by atoms with van der Waals surface area (Å²) >= 11 is 0. The van der Waals surface area contributed by atoms with Gasteiger partial charge in [-0.2, -0.15) is 0 Å². The van der Waals surface area contributed by atoms with Crippen molar-refractivity contribution in [2.24, 2.45) is 10.9 Å². The van der Waals surface area contributed by atoms with Crippen LogP contribution in [0.25, 0.3) is 0 Å². The van der Waals surface area contributed by atoms with Crippen molar-refractivity contribution in [3.05, 3.63) is 18.2 Å². The Kier molecular flexibility index (Phi) is 4.11. The number of nitrogens with two attached hydrogens (primary N) is 1. The number of nitrogens with zero attached hydrogens (tertiary/aromatic N) is 3. The van der Waals surface area contributed by atoms with E-state index in [0.29, 0.717) is 0 Å². The summed E-state index contributed by atoms with van der Waals surface area (Å²) in [6, 6.07) is 0. The van der Waals surface area contributed by atoms with Crippen molar-refractivity contribution in [3.8, 4) is 0 Å². The minimum absolute atomic E-state index is 0.00721. The van der Waals surface area contributed by atoms with Crippen LogP contribution >= 0.6 is 0 Å². The Morgan fingerprint density at radius 1 is 1.65 bits per heavy atom. The Morgan fingerprint density at radius 3 is 2.82 bits per heavy atom. The first-order chi connectivity index (χ1) is 7.88. The molecule has 0 bridgehead atoms. The van der Waals surface area contributed by atoms with Crippen LogP contribution in [0.15, 0.2) is 17.5 Å². The van der Waals surface area contributed by atoms with Crippen molar-refractivity contribution < 1.29 is 13.6 Å². The van der Waals surface area contributed by atoms with Crippen LogP contribution in [0.2, 0.25) is 0 Å². The van der Waals surface area contributed by atoms with E-state index in [4.69, 9.17) is 10.9 Å². The highest BCUT2D eigenvalue weighted by molar-refractivity contribution is 7.91. The predicted octanol–water partition coefficient (Wildman–Crippen LogP) is -0.199. The number of hydrogen-bond acceptors (Lipinski definition) is 5. The van der Waals surface area contributed by atoms with Gasteiger partial charge in [-0.3, -0.25) is 0 Å².